The minimum atomic E-state index is 0.737. The van der Waals surface area contributed by atoms with Crippen LogP contribution in [0.5, 0.6) is 5.75 Å². The van der Waals surface area contributed by atoms with Crippen LogP contribution in [0.3, 0.4) is 0 Å². The Kier molecular flexibility index (Phi) is 3.76. The van der Waals surface area contributed by atoms with Crippen molar-refractivity contribution in [3.05, 3.63) is 29.6 Å². The van der Waals surface area contributed by atoms with E-state index in [9.17, 15) is 0 Å². The maximum atomic E-state index is 5.79. The average Bonchev–Trinajstić information content (AvgIpc) is 2.68. The van der Waals surface area contributed by atoms with Gasteiger partial charge >= 0.3 is 0 Å². The summed E-state index contributed by atoms with van der Waals surface area (Å²) >= 11 is 1.61. The van der Waals surface area contributed by atoms with Gasteiger partial charge < -0.3 is 15.0 Å². The summed E-state index contributed by atoms with van der Waals surface area (Å²) in [7, 11) is 3.61. The van der Waals surface area contributed by atoms with Crippen LogP contribution in [-0.2, 0) is 12.8 Å². The third-order valence-corrected chi connectivity index (χ3v) is 3.78. The number of nitrogens with zero attached hydrogens (tertiary/aromatic N) is 3. The van der Waals surface area contributed by atoms with Crippen molar-refractivity contribution in [2.75, 3.05) is 12.8 Å². The van der Waals surface area contributed by atoms with Gasteiger partial charge in [0.15, 0.2) is 5.16 Å². The van der Waals surface area contributed by atoms with Gasteiger partial charge in [0.25, 0.3) is 0 Å². The van der Waals surface area contributed by atoms with Gasteiger partial charge in [-0.2, -0.15) is 0 Å². The van der Waals surface area contributed by atoms with Crippen LogP contribution in [0, 0.1) is 6.92 Å². The molecule has 0 saturated carbocycles. The van der Waals surface area contributed by atoms with Crippen molar-refractivity contribution >= 4 is 17.4 Å². The van der Waals surface area contributed by atoms with Gasteiger partial charge in [-0.25, -0.2) is 0 Å². The summed E-state index contributed by atoms with van der Waals surface area (Å²) in [6.07, 6.45) is 0. The molecule has 0 fully saturated rings. The number of ether oxygens (including phenoxy) is 1. The number of nitrogen functional groups attached to an aromatic ring is 1. The highest BCUT2D eigenvalue weighted by Gasteiger charge is 2.09. The molecule has 0 aliphatic heterocycles. The maximum Gasteiger partial charge on any atom is 0.191 e. The van der Waals surface area contributed by atoms with Crippen LogP contribution in [0.1, 0.15) is 11.4 Å². The van der Waals surface area contributed by atoms with E-state index in [1.807, 2.05) is 36.7 Å². The van der Waals surface area contributed by atoms with Crippen LogP contribution in [0.25, 0.3) is 0 Å². The van der Waals surface area contributed by atoms with E-state index in [1.165, 1.54) is 0 Å². The number of aryl methyl sites for hydroxylation is 1. The van der Waals surface area contributed by atoms with E-state index in [-0.39, 0.29) is 0 Å². The zero-order valence-corrected chi connectivity index (χ0v) is 11.5. The monoisotopic (exact) mass is 264 g/mol. The Morgan fingerprint density at radius 1 is 1.39 bits per heavy atom. The SMILES string of the molecule is COc1ccc(N)cc1CSc1nnc(C)n1C. The van der Waals surface area contributed by atoms with Gasteiger partial charge in [-0.1, -0.05) is 11.8 Å². The van der Waals surface area contributed by atoms with E-state index in [1.54, 1.807) is 18.9 Å². The fourth-order valence-electron chi connectivity index (χ4n) is 1.57. The molecular formula is C12H16N4OS. The average molecular weight is 264 g/mol. The Balaban J connectivity index is 2.15. The van der Waals surface area contributed by atoms with Crippen molar-refractivity contribution in [3.63, 3.8) is 0 Å². The number of anilines is 1. The lowest BCUT2D eigenvalue weighted by Gasteiger charge is -2.08. The fraction of sp³-hybridized carbons (Fsp3) is 0.333. The second kappa shape index (κ2) is 5.30. The Morgan fingerprint density at radius 3 is 2.78 bits per heavy atom. The minimum Gasteiger partial charge on any atom is -0.496 e. The molecule has 6 heteroatoms. The molecule has 0 saturated heterocycles. The summed E-state index contributed by atoms with van der Waals surface area (Å²) in [5.74, 6) is 2.49. The highest BCUT2D eigenvalue weighted by Crippen LogP contribution is 2.28. The number of aromatic nitrogens is 3. The molecule has 2 aromatic rings. The van der Waals surface area contributed by atoms with Crippen LogP contribution in [0.2, 0.25) is 0 Å². The molecule has 0 unspecified atom stereocenters. The zero-order valence-electron chi connectivity index (χ0n) is 10.7. The van der Waals surface area contributed by atoms with E-state index in [4.69, 9.17) is 10.5 Å². The molecule has 18 heavy (non-hydrogen) atoms. The third kappa shape index (κ3) is 2.59. The lowest BCUT2D eigenvalue weighted by Crippen LogP contribution is -1.96. The summed E-state index contributed by atoms with van der Waals surface area (Å²) in [6, 6.07) is 5.64. The van der Waals surface area contributed by atoms with E-state index in [0.29, 0.717) is 0 Å². The molecular weight excluding hydrogens is 248 g/mol. The van der Waals surface area contributed by atoms with Crippen LogP contribution in [0.15, 0.2) is 23.4 Å². The summed E-state index contributed by atoms with van der Waals surface area (Å²) in [6.45, 7) is 1.93. The number of rotatable bonds is 4. The van der Waals surface area contributed by atoms with E-state index < -0.39 is 0 Å². The fourth-order valence-corrected chi connectivity index (χ4v) is 2.50. The van der Waals surface area contributed by atoms with Crippen LogP contribution < -0.4 is 10.5 Å². The summed E-state index contributed by atoms with van der Waals surface area (Å²) in [5, 5.41) is 9.02. The van der Waals surface area contributed by atoms with Gasteiger partial charge in [0.05, 0.1) is 7.11 Å². The smallest absolute Gasteiger partial charge is 0.191 e. The zero-order chi connectivity index (χ0) is 13.1. The van der Waals surface area contributed by atoms with Crippen LogP contribution >= 0.6 is 11.8 Å². The largest absolute Gasteiger partial charge is 0.496 e. The molecule has 96 valence electrons. The van der Waals surface area contributed by atoms with Crippen molar-refractivity contribution in [2.45, 2.75) is 17.8 Å². The summed E-state index contributed by atoms with van der Waals surface area (Å²) in [4.78, 5) is 0. The number of hydrogen-bond donors (Lipinski definition) is 1. The topological polar surface area (TPSA) is 66.0 Å². The molecule has 0 amide bonds. The molecule has 1 aromatic heterocycles. The normalized spacial score (nSPS) is 10.6. The molecule has 0 spiro atoms. The van der Waals surface area contributed by atoms with E-state index >= 15 is 0 Å². The van der Waals surface area contributed by atoms with Gasteiger partial charge in [-0.15, -0.1) is 10.2 Å². The molecule has 2 rings (SSSR count). The highest BCUT2D eigenvalue weighted by atomic mass is 32.2. The number of methoxy groups -OCH3 is 1. The second-order valence-electron chi connectivity index (χ2n) is 3.95. The first-order chi connectivity index (χ1) is 8.61. The number of thioether (sulfide) groups is 1. The first kappa shape index (κ1) is 12.8. The lowest BCUT2D eigenvalue weighted by molar-refractivity contribution is 0.411. The summed E-state index contributed by atoms with van der Waals surface area (Å²) < 4.78 is 7.27. The van der Waals surface area contributed by atoms with Crippen molar-refractivity contribution in [2.24, 2.45) is 7.05 Å². The maximum absolute atomic E-state index is 5.79. The van der Waals surface area contributed by atoms with Gasteiger partial charge in [0, 0.05) is 24.1 Å². The van der Waals surface area contributed by atoms with Gasteiger partial charge in [-0.05, 0) is 25.1 Å². The van der Waals surface area contributed by atoms with Crippen molar-refractivity contribution in [3.8, 4) is 5.75 Å². The van der Waals surface area contributed by atoms with E-state index in [2.05, 4.69) is 10.2 Å². The number of nitrogens with two attached hydrogens (primary N) is 1. The quantitative estimate of drug-likeness (QED) is 0.676. The molecule has 5 nitrogen and oxygen atoms in total. The number of benzene rings is 1. The molecule has 0 atom stereocenters. The molecule has 1 heterocycles. The van der Waals surface area contributed by atoms with Crippen LogP contribution in [0.4, 0.5) is 5.69 Å². The lowest BCUT2D eigenvalue weighted by atomic mass is 10.2. The standard InChI is InChI=1S/C12H16N4OS/c1-8-14-15-12(16(8)2)18-7-9-6-10(13)4-5-11(9)17-3/h4-6H,7,13H2,1-3H3. The molecule has 0 aliphatic rings. The van der Waals surface area contributed by atoms with Crippen LogP contribution in [-0.4, -0.2) is 21.9 Å². The predicted octanol–water partition coefficient (Wildman–Crippen LogP) is 2.01. The first-order valence-electron chi connectivity index (χ1n) is 5.53. The van der Waals surface area contributed by atoms with Gasteiger partial charge in [-0.3, -0.25) is 0 Å². The van der Waals surface area contributed by atoms with Crippen molar-refractivity contribution < 1.29 is 4.74 Å². The highest BCUT2D eigenvalue weighted by molar-refractivity contribution is 7.98. The molecule has 2 N–H and O–H groups in total. The number of hydrogen-bond acceptors (Lipinski definition) is 5. The minimum absolute atomic E-state index is 0.737. The second-order valence-corrected chi connectivity index (χ2v) is 4.89. The van der Waals surface area contributed by atoms with Gasteiger partial charge in [0.1, 0.15) is 11.6 Å². The third-order valence-electron chi connectivity index (χ3n) is 2.71. The first-order valence-corrected chi connectivity index (χ1v) is 6.51. The Bertz CT molecular complexity index is 553. The predicted molar refractivity (Wildman–Crippen MR) is 72.7 cm³/mol. The molecule has 1 aromatic carbocycles. The molecule has 0 bridgehead atoms. The van der Waals surface area contributed by atoms with E-state index in [0.717, 1.165) is 33.7 Å². The Labute approximate surface area is 110 Å². The Hall–Kier alpha value is -1.69. The summed E-state index contributed by atoms with van der Waals surface area (Å²) in [5.41, 5.74) is 7.58. The van der Waals surface area contributed by atoms with Crippen molar-refractivity contribution in [1.82, 2.24) is 14.8 Å². The van der Waals surface area contributed by atoms with Gasteiger partial charge in [0.2, 0.25) is 0 Å². The molecule has 0 radical (unpaired) electrons. The molecule has 0 aliphatic carbocycles. The Morgan fingerprint density at radius 2 is 2.17 bits per heavy atom. The van der Waals surface area contributed by atoms with Crippen molar-refractivity contribution in [1.29, 1.82) is 0 Å².